The van der Waals surface area contributed by atoms with Crippen molar-refractivity contribution in [3.8, 4) is 17.2 Å². The molecule has 3 aromatic carbocycles. The van der Waals surface area contributed by atoms with Crippen LogP contribution in [-0.4, -0.2) is 30.6 Å². The van der Waals surface area contributed by atoms with Gasteiger partial charge in [-0.2, -0.15) is 0 Å². The number of carbonyl (C=O) groups excluding carboxylic acids is 3. The minimum Gasteiger partial charge on any atom is -0.491 e. The van der Waals surface area contributed by atoms with Crippen molar-refractivity contribution >= 4 is 17.9 Å². The van der Waals surface area contributed by atoms with Crippen LogP contribution in [0.1, 0.15) is 129 Å². The number of benzene rings is 3. The third-order valence-electron chi connectivity index (χ3n) is 7.77. The van der Waals surface area contributed by atoms with Gasteiger partial charge in [-0.05, 0) is 74.2 Å². The number of carbonyl (C=O) groups is 3. The van der Waals surface area contributed by atoms with Crippen LogP contribution in [0.5, 0.6) is 17.2 Å². The van der Waals surface area contributed by atoms with Crippen molar-refractivity contribution in [3.63, 3.8) is 0 Å². The van der Waals surface area contributed by atoms with Gasteiger partial charge in [-0.1, -0.05) is 72.1 Å². The van der Waals surface area contributed by atoms with Crippen LogP contribution in [-0.2, 0) is 4.74 Å². The van der Waals surface area contributed by atoms with E-state index in [4.69, 9.17) is 18.9 Å². The molecule has 3 aromatic rings. The van der Waals surface area contributed by atoms with Crippen molar-refractivity contribution in [2.45, 2.75) is 104 Å². The maximum Gasteiger partial charge on any atom is 0.343 e. The Bertz CT molecular complexity index is 1510. The molecule has 260 valence electrons. The number of ether oxygens (including phenoxy) is 4. The second-order valence-electron chi connectivity index (χ2n) is 11.6. The standard InChI is InChI=1S/C38H45F3O7/c1-4-7-9-11-12-14-22-45-34-20-16-27(23-32(34)40)37(43)48-35-21-17-26(24-33(35)41)36(42)47-29-18-19-30(31(39)25-29)38(44)46-28(6-3)15-13-10-8-5-2/h16-21,23-25,28H,4-15,22H2,1-3H3. The first-order valence-corrected chi connectivity index (χ1v) is 16.8. The second kappa shape index (κ2) is 20.1. The van der Waals surface area contributed by atoms with E-state index in [1.54, 1.807) is 0 Å². The summed E-state index contributed by atoms with van der Waals surface area (Å²) in [5.74, 6) is -6.28. The summed E-state index contributed by atoms with van der Waals surface area (Å²) in [4.78, 5) is 37.8. The first-order chi connectivity index (χ1) is 23.2. The summed E-state index contributed by atoms with van der Waals surface area (Å²) < 4.78 is 65.3. The Labute approximate surface area is 280 Å². The van der Waals surface area contributed by atoms with Gasteiger partial charge in [0.2, 0.25) is 0 Å². The summed E-state index contributed by atoms with van der Waals surface area (Å²) >= 11 is 0. The quantitative estimate of drug-likeness (QED) is 0.0672. The molecule has 7 nitrogen and oxygen atoms in total. The predicted octanol–water partition coefficient (Wildman–Crippen LogP) is 10.2. The van der Waals surface area contributed by atoms with Crippen molar-refractivity contribution in [2.75, 3.05) is 6.61 Å². The van der Waals surface area contributed by atoms with Crippen LogP contribution in [0.4, 0.5) is 13.2 Å². The van der Waals surface area contributed by atoms with Crippen molar-refractivity contribution in [2.24, 2.45) is 0 Å². The van der Waals surface area contributed by atoms with Gasteiger partial charge in [0.1, 0.15) is 17.7 Å². The normalized spacial score (nSPS) is 11.5. The Kier molecular flexibility index (Phi) is 16.0. The maximum absolute atomic E-state index is 14.8. The molecular formula is C38H45F3O7. The molecule has 0 spiro atoms. The topological polar surface area (TPSA) is 88.1 Å². The molecule has 1 atom stereocenters. The smallest absolute Gasteiger partial charge is 0.343 e. The average Bonchev–Trinajstić information content (AvgIpc) is 3.07. The zero-order valence-electron chi connectivity index (χ0n) is 28.0. The van der Waals surface area contributed by atoms with E-state index in [1.807, 2.05) is 6.92 Å². The van der Waals surface area contributed by atoms with Gasteiger partial charge in [0.25, 0.3) is 0 Å². The Balaban J connectivity index is 1.54. The third-order valence-corrected chi connectivity index (χ3v) is 7.77. The second-order valence-corrected chi connectivity index (χ2v) is 11.6. The highest BCUT2D eigenvalue weighted by Gasteiger charge is 2.21. The van der Waals surface area contributed by atoms with Gasteiger partial charge in [-0.25, -0.2) is 27.6 Å². The zero-order valence-corrected chi connectivity index (χ0v) is 28.0. The summed E-state index contributed by atoms with van der Waals surface area (Å²) in [6, 6.07) is 9.82. The molecule has 0 aliphatic heterocycles. The molecule has 0 bridgehead atoms. The molecule has 0 saturated heterocycles. The number of esters is 3. The summed E-state index contributed by atoms with van der Waals surface area (Å²) in [6.07, 6.45) is 11.4. The molecule has 1 unspecified atom stereocenters. The van der Waals surface area contributed by atoms with Gasteiger partial charge >= 0.3 is 17.9 Å². The molecule has 0 radical (unpaired) electrons. The van der Waals surface area contributed by atoms with Gasteiger partial charge in [0.05, 0.1) is 23.3 Å². The predicted molar refractivity (Wildman–Crippen MR) is 176 cm³/mol. The maximum atomic E-state index is 14.8. The van der Waals surface area contributed by atoms with Gasteiger partial charge in [0, 0.05) is 6.07 Å². The lowest BCUT2D eigenvalue weighted by Crippen LogP contribution is -2.18. The van der Waals surface area contributed by atoms with Crippen LogP contribution in [0.25, 0.3) is 0 Å². The van der Waals surface area contributed by atoms with E-state index in [1.165, 1.54) is 24.6 Å². The van der Waals surface area contributed by atoms with Crippen LogP contribution < -0.4 is 14.2 Å². The number of hydrogen-bond acceptors (Lipinski definition) is 7. The van der Waals surface area contributed by atoms with Crippen LogP contribution in [0.15, 0.2) is 54.6 Å². The van der Waals surface area contributed by atoms with E-state index in [0.29, 0.717) is 19.4 Å². The summed E-state index contributed by atoms with van der Waals surface area (Å²) in [5, 5.41) is 0. The number of halogens is 3. The zero-order chi connectivity index (χ0) is 34.9. The van der Waals surface area contributed by atoms with Crippen molar-refractivity contribution in [3.05, 3.63) is 88.7 Å². The Morgan fingerprint density at radius 1 is 0.604 bits per heavy atom. The number of unbranched alkanes of at least 4 members (excludes halogenated alkanes) is 8. The Hall–Kier alpha value is -4.34. The molecule has 3 rings (SSSR count). The van der Waals surface area contributed by atoms with Gasteiger partial charge in [-0.3, -0.25) is 0 Å². The molecule has 0 amide bonds. The van der Waals surface area contributed by atoms with Gasteiger partial charge in [0.15, 0.2) is 23.1 Å². The molecular weight excluding hydrogens is 625 g/mol. The lowest BCUT2D eigenvalue weighted by Gasteiger charge is -2.16. The van der Waals surface area contributed by atoms with Crippen molar-refractivity contribution in [1.82, 2.24) is 0 Å². The molecule has 0 aliphatic carbocycles. The molecule has 0 aliphatic rings. The largest absolute Gasteiger partial charge is 0.491 e. The molecule has 0 fully saturated rings. The van der Waals surface area contributed by atoms with E-state index in [0.717, 1.165) is 94.2 Å². The molecule has 48 heavy (non-hydrogen) atoms. The molecule has 0 saturated carbocycles. The fourth-order valence-corrected chi connectivity index (χ4v) is 4.93. The van der Waals surface area contributed by atoms with Crippen LogP contribution >= 0.6 is 0 Å². The third kappa shape index (κ3) is 12.0. The SMILES string of the molecule is CCCCCCCCOc1ccc(C(=O)Oc2ccc(C(=O)Oc3ccc(C(=O)OC(CC)CCCCCC)c(F)c3)cc2F)cc1F. The summed E-state index contributed by atoms with van der Waals surface area (Å²) in [7, 11) is 0. The van der Waals surface area contributed by atoms with Crippen LogP contribution in [0, 0.1) is 17.5 Å². The van der Waals surface area contributed by atoms with Gasteiger partial charge < -0.3 is 18.9 Å². The first-order valence-electron chi connectivity index (χ1n) is 16.8. The highest BCUT2D eigenvalue weighted by atomic mass is 19.1. The van der Waals surface area contributed by atoms with Gasteiger partial charge in [-0.15, -0.1) is 0 Å². The molecule has 0 aromatic heterocycles. The van der Waals surface area contributed by atoms with Crippen molar-refractivity contribution in [1.29, 1.82) is 0 Å². The van der Waals surface area contributed by atoms with E-state index >= 15 is 0 Å². The van der Waals surface area contributed by atoms with Crippen LogP contribution in [0.2, 0.25) is 0 Å². The number of hydrogen-bond donors (Lipinski definition) is 0. The van der Waals surface area contributed by atoms with E-state index in [2.05, 4.69) is 13.8 Å². The van der Waals surface area contributed by atoms with Crippen molar-refractivity contribution < 1.29 is 46.5 Å². The lowest BCUT2D eigenvalue weighted by molar-refractivity contribution is 0.0261. The van der Waals surface area contributed by atoms with E-state index in [9.17, 15) is 27.6 Å². The highest BCUT2D eigenvalue weighted by molar-refractivity contribution is 5.93. The van der Waals surface area contributed by atoms with E-state index < -0.39 is 41.1 Å². The Morgan fingerprint density at radius 2 is 1.19 bits per heavy atom. The summed E-state index contributed by atoms with van der Waals surface area (Å²) in [6.45, 7) is 6.49. The first kappa shape index (κ1) is 38.1. The lowest BCUT2D eigenvalue weighted by atomic mass is 10.1. The summed E-state index contributed by atoms with van der Waals surface area (Å²) in [5.41, 5.74) is -0.703. The van der Waals surface area contributed by atoms with Crippen LogP contribution in [0.3, 0.4) is 0 Å². The Morgan fingerprint density at radius 3 is 1.79 bits per heavy atom. The highest BCUT2D eigenvalue weighted by Crippen LogP contribution is 2.25. The minimum absolute atomic E-state index is 0.00177. The molecule has 0 N–H and O–H groups in total. The van der Waals surface area contributed by atoms with E-state index in [-0.39, 0.29) is 34.3 Å². The average molecular weight is 671 g/mol. The molecule has 0 heterocycles. The monoisotopic (exact) mass is 670 g/mol. The number of rotatable bonds is 20. The minimum atomic E-state index is -1.05. The molecule has 10 heteroatoms. The fraction of sp³-hybridized carbons (Fsp3) is 0.447. The fourth-order valence-electron chi connectivity index (χ4n) is 4.93.